The lowest BCUT2D eigenvalue weighted by atomic mass is 10.2. The van der Waals surface area contributed by atoms with Crippen LogP contribution in [0, 0.1) is 6.92 Å². The summed E-state index contributed by atoms with van der Waals surface area (Å²) in [4.78, 5) is 0. The molecule has 2 aromatic carbocycles. The van der Waals surface area contributed by atoms with Gasteiger partial charge in [0.1, 0.15) is 18.1 Å². The Bertz CT molecular complexity index is 552. The molecule has 1 atom stereocenters. The van der Waals surface area contributed by atoms with Gasteiger partial charge in [-0.05, 0) is 36.8 Å². The minimum atomic E-state index is -2.80. The molecule has 19 heavy (non-hydrogen) atoms. The molecule has 0 N–H and O–H groups in total. The first kappa shape index (κ1) is 13.5. The summed E-state index contributed by atoms with van der Waals surface area (Å²) < 4.78 is 32.3. The van der Waals surface area contributed by atoms with Crippen molar-refractivity contribution in [3.8, 4) is 11.5 Å². The fourth-order valence-electron chi connectivity index (χ4n) is 1.52. The van der Waals surface area contributed by atoms with E-state index in [1.165, 1.54) is 17.7 Å². The Labute approximate surface area is 113 Å². The molecule has 0 spiro atoms. The monoisotopic (exact) mass is 280 g/mol. The van der Waals surface area contributed by atoms with Crippen molar-refractivity contribution in [2.24, 2.45) is 0 Å². The molecule has 0 aliphatic carbocycles. The Balaban J connectivity index is 1.92. The van der Waals surface area contributed by atoms with Gasteiger partial charge in [-0.25, -0.2) is 0 Å². The second-order valence-corrected chi connectivity index (χ2v) is 4.58. The third kappa shape index (κ3) is 4.37. The molecule has 0 aliphatic heterocycles. The molecule has 2 aromatic rings. The van der Waals surface area contributed by atoms with Crippen molar-refractivity contribution >= 4 is 11.5 Å². The van der Waals surface area contributed by atoms with Crippen LogP contribution < -0.4 is 8.92 Å². The number of halogens is 1. The number of benzene rings is 2. The van der Waals surface area contributed by atoms with Crippen molar-refractivity contribution < 1.29 is 17.0 Å². The largest absolute Gasteiger partial charge is 0.489 e. The van der Waals surface area contributed by atoms with Crippen molar-refractivity contribution in [1.29, 1.82) is 0 Å². The second-order valence-electron chi connectivity index (χ2n) is 4.02. The molecule has 2 rings (SSSR count). The Morgan fingerprint density at radius 3 is 2.16 bits per heavy atom. The van der Waals surface area contributed by atoms with Crippen molar-refractivity contribution in [3.05, 3.63) is 59.7 Å². The molecule has 0 bridgehead atoms. The molecule has 0 radical (unpaired) electrons. The maximum atomic E-state index is 12.1. The lowest BCUT2D eigenvalue weighted by Gasteiger charge is -2.07. The third-order valence-corrected chi connectivity index (χ3v) is 2.84. The first-order chi connectivity index (χ1) is 9.13. The van der Waals surface area contributed by atoms with Gasteiger partial charge >= 0.3 is 11.5 Å². The summed E-state index contributed by atoms with van der Waals surface area (Å²) in [5.74, 6) is 0.834. The van der Waals surface area contributed by atoms with Crippen LogP contribution in [0.1, 0.15) is 11.1 Å². The van der Waals surface area contributed by atoms with Gasteiger partial charge in [-0.3, -0.25) is 0 Å². The molecular formula is C14H13FO3S. The van der Waals surface area contributed by atoms with Gasteiger partial charge in [-0.1, -0.05) is 33.7 Å². The first-order valence-electron chi connectivity index (χ1n) is 5.68. The fourth-order valence-corrected chi connectivity index (χ4v) is 1.78. The summed E-state index contributed by atoms with van der Waals surface area (Å²) in [6.45, 7) is 2.48. The predicted molar refractivity (Wildman–Crippen MR) is 71.8 cm³/mol. The van der Waals surface area contributed by atoms with Crippen LogP contribution in [-0.2, 0) is 18.1 Å². The molecule has 100 valence electrons. The van der Waals surface area contributed by atoms with Gasteiger partial charge in [0.25, 0.3) is 0 Å². The van der Waals surface area contributed by atoms with Gasteiger partial charge in [-0.15, -0.1) is 0 Å². The second kappa shape index (κ2) is 6.33. The van der Waals surface area contributed by atoms with Crippen LogP contribution in [0.25, 0.3) is 0 Å². The topological polar surface area (TPSA) is 35.5 Å². The predicted octanol–water partition coefficient (Wildman–Crippen LogP) is 3.50. The molecule has 0 aromatic heterocycles. The molecular weight excluding hydrogens is 267 g/mol. The van der Waals surface area contributed by atoms with Crippen molar-refractivity contribution in [2.45, 2.75) is 13.5 Å². The van der Waals surface area contributed by atoms with Gasteiger partial charge in [0.2, 0.25) is 0 Å². The van der Waals surface area contributed by atoms with E-state index >= 15 is 0 Å². The number of hydrogen-bond donors (Lipinski definition) is 0. The van der Waals surface area contributed by atoms with Gasteiger partial charge in [-0.2, -0.15) is 4.21 Å². The van der Waals surface area contributed by atoms with Gasteiger partial charge < -0.3 is 8.92 Å². The highest BCUT2D eigenvalue weighted by atomic mass is 32.2. The summed E-state index contributed by atoms with van der Waals surface area (Å²) in [7, 11) is 0. The van der Waals surface area contributed by atoms with Crippen LogP contribution in [0.3, 0.4) is 0 Å². The normalized spacial score (nSPS) is 11.9. The quantitative estimate of drug-likeness (QED) is 0.786. The Kier molecular flexibility index (Phi) is 4.52. The van der Waals surface area contributed by atoms with Crippen molar-refractivity contribution in [2.75, 3.05) is 0 Å². The van der Waals surface area contributed by atoms with Crippen LogP contribution in [0.4, 0.5) is 3.89 Å². The van der Waals surface area contributed by atoms with E-state index in [0.717, 1.165) is 5.56 Å². The van der Waals surface area contributed by atoms with E-state index in [9.17, 15) is 8.09 Å². The number of aryl methyl sites for hydroxylation is 1. The first-order valence-corrected chi connectivity index (χ1v) is 6.66. The molecule has 0 heterocycles. The van der Waals surface area contributed by atoms with Crippen LogP contribution in [0.5, 0.6) is 11.5 Å². The third-order valence-electron chi connectivity index (χ3n) is 2.51. The van der Waals surface area contributed by atoms with E-state index in [1.54, 1.807) is 12.1 Å². The highest BCUT2D eigenvalue weighted by Gasteiger charge is 2.01. The average molecular weight is 280 g/mol. The lowest BCUT2D eigenvalue weighted by molar-refractivity contribution is 0.306. The Morgan fingerprint density at radius 2 is 1.58 bits per heavy atom. The summed E-state index contributed by atoms with van der Waals surface area (Å²) in [6.07, 6.45) is 0. The Hall–Kier alpha value is -1.88. The number of hydrogen-bond acceptors (Lipinski definition) is 3. The zero-order valence-electron chi connectivity index (χ0n) is 10.3. The number of ether oxygens (including phenoxy) is 1. The van der Waals surface area contributed by atoms with E-state index in [4.69, 9.17) is 4.74 Å². The zero-order chi connectivity index (χ0) is 13.7. The van der Waals surface area contributed by atoms with Crippen molar-refractivity contribution in [1.82, 2.24) is 0 Å². The minimum absolute atomic E-state index is 0.198. The molecule has 0 aliphatic rings. The van der Waals surface area contributed by atoms with Gasteiger partial charge in [0.05, 0.1) is 0 Å². The van der Waals surface area contributed by atoms with E-state index in [0.29, 0.717) is 12.4 Å². The molecule has 0 saturated heterocycles. The SMILES string of the molecule is Cc1ccc(COc2ccc(OS(=O)F)cc2)cc1. The van der Waals surface area contributed by atoms with Gasteiger partial charge in [0.15, 0.2) is 0 Å². The molecule has 0 amide bonds. The maximum Gasteiger partial charge on any atom is 0.401 e. The standard InChI is InChI=1S/C14H13FO3S/c1-11-2-4-12(5-3-11)10-17-13-6-8-14(9-7-13)18-19(15)16/h2-9H,10H2,1H3. The molecule has 5 heteroatoms. The lowest BCUT2D eigenvalue weighted by Crippen LogP contribution is -1.96. The Morgan fingerprint density at radius 1 is 1.00 bits per heavy atom. The summed E-state index contributed by atoms with van der Waals surface area (Å²) >= 11 is -2.80. The molecule has 0 fully saturated rings. The smallest absolute Gasteiger partial charge is 0.401 e. The molecule has 1 unspecified atom stereocenters. The molecule has 0 saturated carbocycles. The van der Waals surface area contributed by atoms with Crippen LogP contribution in [-0.4, -0.2) is 4.21 Å². The van der Waals surface area contributed by atoms with Gasteiger partial charge in [0, 0.05) is 0 Å². The van der Waals surface area contributed by atoms with Crippen LogP contribution >= 0.6 is 0 Å². The van der Waals surface area contributed by atoms with E-state index in [1.807, 2.05) is 31.2 Å². The zero-order valence-corrected chi connectivity index (χ0v) is 11.2. The minimum Gasteiger partial charge on any atom is -0.489 e. The van der Waals surface area contributed by atoms with Crippen molar-refractivity contribution in [3.63, 3.8) is 0 Å². The summed E-state index contributed by atoms with van der Waals surface area (Å²) in [5.41, 5.74) is 2.26. The molecule has 3 nitrogen and oxygen atoms in total. The summed E-state index contributed by atoms with van der Waals surface area (Å²) in [6, 6.07) is 14.3. The highest BCUT2D eigenvalue weighted by molar-refractivity contribution is 7.75. The maximum absolute atomic E-state index is 12.1. The van der Waals surface area contributed by atoms with Crippen LogP contribution in [0.15, 0.2) is 48.5 Å². The average Bonchev–Trinajstić information content (AvgIpc) is 2.39. The van der Waals surface area contributed by atoms with E-state index in [-0.39, 0.29) is 5.75 Å². The fraction of sp³-hybridized carbons (Fsp3) is 0.143. The van der Waals surface area contributed by atoms with Crippen LogP contribution in [0.2, 0.25) is 0 Å². The number of rotatable bonds is 5. The highest BCUT2D eigenvalue weighted by Crippen LogP contribution is 2.19. The van der Waals surface area contributed by atoms with E-state index < -0.39 is 11.5 Å². The van der Waals surface area contributed by atoms with E-state index in [2.05, 4.69) is 4.18 Å². The summed E-state index contributed by atoms with van der Waals surface area (Å²) in [5, 5.41) is 0.